The topological polar surface area (TPSA) is 61.9 Å². The summed E-state index contributed by atoms with van der Waals surface area (Å²) in [5.41, 5.74) is 0.988. The molecule has 1 aliphatic heterocycles. The van der Waals surface area contributed by atoms with Crippen LogP contribution in [0.25, 0.3) is 10.2 Å². The molecule has 71 valence electrons. The summed E-state index contributed by atoms with van der Waals surface area (Å²) in [6.07, 6.45) is 0. The predicted molar refractivity (Wildman–Crippen MR) is 64.1 cm³/mol. The number of fused-ring (bicyclic) bond motifs is 1. The van der Waals surface area contributed by atoms with Crippen LogP contribution in [0.2, 0.25) is 0 Å². The fourth-order valence-corrected chi connectivity index (χ4v) is 1.55. The first kappa shape index (κ1) is 10.6. The second-order valence-corrected chi connectivity index (χ2v) is 3.46. The third-order valence-corrected chi connectivity index (χ3v) is 2.36. The quantitative estimate of drug-likeness (QED) is 0.494. The molecule has 9 heteroatoms. The molecule has 3 rings (SSSR count). The Morgan fingerprint density at radius 3 is 2.27 bits per heavy atom. The van der Waals surface area contributed by atoms with E-state index in [0.29, 0.717) is 0 Å². The summed E-state index contributed by atoms with van der Waals surface area (Å²) in [6.45, 7) is 0. The van der Waals surface area contributed by atoms with Crippen molar-refractivity contribution in [3.63, 3.8) is 0 Å². The lowest BCUT2D eigenvalue weighted by molar-refractivity contribution is 1.20. The first-order valence-electron chi connectivity index (χ1n) is 4.37. The molecule has 0 unspecified atom stereocenters. The van der Waals surface area contributed by atoms with Gasteiger partial charge in [-0.15, -0.1) is 5.10 Å². The molecule has 0 saturated carbocycles. The maximum Gasteiger partial charge on any atom is 0.284 e. The average molecular weight is 214 g/mol. The minimum Gasteiger partial charge on any atom is -0.379 e. The van der Waals surface area contributed by atoms with Gasteiger partial charge in [0.1, 0.15) is 5.52 Å². The van der Waals surface area contributed by atoms with Gasteiger partial charge < -0.3 is 15.4 Å². The Bertz CT molecular complexity index is 365. The molecule has 1 saturated heterocycles. The van der Waals surface area contributed by atoms with Gasteiger partial charge >= 0.3 is 0 Å². The van der Waals surface area contributed by atoms with E-state index in [1.807, 2.05) is 24.3 Å². The summed E-state index contributed by atoms with van der Waals surface area (Å²) in [7, 11) is 5.16. The predicted octanol–water partition coefficient (Wildman–Crippen LogP) is -0.937. The van der Waals surface area contributed by atoms with E-state index < -0.39 is 0 Å². The SMILES string of the molecule is [B]1N[B]N[B]N1.c1ccc2snnc2c1. The number of aromatic nitrogens is 2. The van der Waals surface area contributed by atoms with E-state index in [-0.39, 0.29) is 0 Å². The maximum atomic E-state index is 3.89. The van der Waals surface area contributed by atoms with Gasteiger partial charge in [-0.2, -0.15) is 0 Å². The number of nitrogens with zero attached hydrogens (tertiary/aromatic N) is 2. The van der Waals surface area contributed by atoms with E-state index in [1.54, 1.807) is 22.6 Å². The largest absolute Gasteiger partial charge is 0.379 e. The molecule has 1 aromatic carbocycles. The van der Waals surface area contributed by atoms with Crippen molar-refractivity contribution < 1.29 is 0 Å². The lowest BCUT2D eigenvalue weighted by Gasteiger charge is -2.07. The first-order chi connectivity index (χ1) is 7.47. The Labute approximate surface area is 94.0 Å². The lowest BCUT2D eigenvalue weighted by atomic mass is 9.85. The van der Waals surface area contributed by atoms with Crippen LogP contribution in [0.15, 0.2) is 24.3 Å². The minimum atomic E-state index is 0.988. The van der Waals surface area contributed by atoms with Crippen LogP contribution < -0.4 is 15.4 Å². The molecule has 0 spiro atoms. The number of hydrogen-bond acceptors (Lipinski definition) is 6. The van der Waals surface area contributed by atoms with Crippen LogP contribution in [0, 0.1) is 0 Å². The molecule has 0 amide bonds. The molecule has 5 nitrogen and oxygen atoms in total. The summed E-state index contributed by atoms with van der Waals surface area (Å²) < 4.78 is 4.94. The number of nitrogens with one attached hydrogen (secondary N) is 3. The minimum absolute atomic E-state index is 0.988. The monoisotopic (exact) mass is 214 g/mol. The van der Waals surface area contributed by atoms with Gasteiger partial charge in [0.2, 0.25) is 0 Å². The number of hydrogen-bond donors (Lipinski definition) is 3. The standard InChI is InChI=1S/C6H4N2S.B3H3N3/c1-2-4-6-5(3-1)7-8-9-6;1-4-2-6-3-5-1/h1-4H;4-6H. The highest BCUT2D eigenvalue weighted by atomic mass is 32.1. The van der Waals surface area contributed by atoms with Crippen LogP contribution in [-0.4, -0.2) is 32.2 Å². The van der Waals surface area contributed by atoms with Crippen molar-refractivity contribution in [1.29, 1.82) is 0 Å². The lowest BCUT2D eigenvalue weighted by Crippen LogP contribution is -2.55. The number of benzene rings is 1. The number of rotatable bonds is 0. The summed E-state index contributed by atoms with van der Waals surface area (Å²) >= 11 is 1.43. The summed E-state index contributed by atoms with van der Waals surface area (Å²) in [5.74, 6) is 0. The van der Waals surface area contributed by atoms with Crippen LogP contribution >= 0.6 is 11.5 Å². The second-order valence-electron chi connectivity index (χ2n) is 2.67. The van der Waals surface area contributed by atoms with Gasteiger partial charge in [0, 0.05) is 0 Å². The Morgan fingerprint density at radius 2 is 1.67 bits per heavy atom. The molecule has 1 aromatic heterocycles. The van der Waals surface area contributed by atoms with Gasteiger partial charge in [-0.05, 0) is 23.7 Å². The molecule has 0 bridgehead atoms. The molecule has 1 aliphatic rings. The van der Waals surface area contributed by atoms with Crippen LogP contribution in [0.3, 0.4) is 0 Å². The van der Waals surface area contributed by atoms with Crippen molar-refractivity contribution in [2.75, 3.05) is 0 Å². The third-order valence-electron chi connectivity index (χ3n) is 1.65. The fourth-order valence-electron chi connectivity index (χ4n) is 0.995. The van der Waals surface area contributed by atoms with Gasteiger partial charge in [-0.1, -0.05) is 16.6 Å². The second kappa shape index (κ2) is 5.87. The van der Waals surface area contributed by atoms with Gasteiger partial charge in [0.05, 0.1) is 4.70 Å². The van der Waals surface area contributed by atoms with E-state index in [0.717, 1.165) is 10.2 Å². The van der Waals surface area contributed by atoms with E-state index in [4.69, 9.17) is 0 Å². The molecule has 2 aromatic rings. The maximum absolute atomic E-state index is 3.89. The summed E-state index contributed by atoms with van der Waals surface area (Å²) in [6, 6.07) is 7.92. The first-order valence-corrected chi connectivity index (χ1v) is 5.14. The normalized spacial score (nSPS) is 14.1. The highest BCUT2D eigenvalue weighted by molar-refractivity contribution is 7.12. The van der Waals surface area contributed by atoms with Gasteiger partial charge in [0.15, 0.2) is 0 Å². The van der Waals surface area contributed by atoms with Gasteiger partial charge in [-0.3, -0.25) is 0 Å². The molecule has 3 radical (unpaired) electrons. The van der Waals surface area contributed by atoms with Crippen molar-refractivity contribution in [3.8, 4) is 0 Å². The molecular formula is C6H7B3N5S. The average Bonchev–Trinajstić information content (AvgIpc) is 2.80. The van der Waals surface area contributed by atoms with Crippen molar-refractivity contribution in [1.82, 2.24) is 25.0 Å². The highest BCUT2D eigenvalue weighted by Crippen LogP contribution is 2.12. The fraction of sp³-hybridized carbons (Fsp3) is 0. The molecule has 0 aliphatic carbocycles. The van der Waals surface area contributed by atoms with Gasteiger partial charge in [-0.25, -0.2) is 0 Å². The Kier molecular flexibility index (Phi) is 4.16. The zero-order chi connectivity index (χ0) is 10.3. The Morgan fingerprint density at radius 1 is 1.00 bits per heavy atom. The molecular weight excluding hydrogens is 207 g/mol. The van der Waals surface area contributed by atoms with Crippen LogP contribution in [0.4, 0.5) is 0 Å². The zero-order valence-corrected chi connectivity index (χ0v) is 8.66. The van der Waals surface area contributed by atoms with E-state index in [9.17, 15) is 0 Å². The van der Waals surface area contributed by atoms with Crippen molar-refractivity contribution >= 4 is 44.4 Å². The molecule has 0 atom stereocenters. The summed E-state index contributed by atoms with van der Waals surface area (Å²) in [5, 5.41) is 12.2. The smallest absolute Gasteiger partial charge is 0.284 e. The van der Waals surface area contributed by atoms with E-state index >= 15 is 0 Å². The molecule has 3 N–H and O–H groups in total. The van der Waals surface area contributed by atoms with E-state index in [2.05, 4.69) is 25.0 Å². The molecule has 2 heterocycles. The molecule has 1 fully saturated rings. The summed E-state index contributed by atoms with van der Waals surface area (Å²) in [4.78, 5) is 0. The molecule has 15 heavy (non-hydrogen) atoms. The Balaban J connectivity index is 0.000000124. The van der Waals surface area contributed by atoms with E-state index in [1.165, 1.54) is 11.5 Å². The zero-order valence-electron chi connectivity index (χ0n) is 7.84. The van der Waals surface area contributed by atoms with Crippen molar-refractivity contribution in [2.24, 2.45) is 0 Å². The Hall–Kier alpha value is -0.885. The van der Waals surface area contributed by atoms with Gasteiger partial charge in [0.25, 0.3) is 22.6 Å². The van der Waals surface area contributed by atoms with Crippen LogP contribution in [0.5, 0.6) is 0 Å². The third kappa shape index (κ3) is 3.31. The van der Waals surface area contributed by atoms with Crippen molar-refractivity contribution in [2.45, 2.75) is 0 Å². The highest BCUT2D eigenvalue weighted by Gasteiger charge is 1.98. The van der Waals surface area contributed by atoms with Crippen LogP contribution in [0.1, 0.15) is 0 Å². The van der Waals surface area contributed by atoms with Crippen LogP contribution in [-0.2, 0) is 0 Å². The van der Waals surface area contributed by atoms with Crippen molar-refractivity contribution in [3.05, 3.63) is 24.3 Å².